The second kappa shape index (κ2) is 9.07. The van der Waals surface area contributed by atoms with Crippen LogP contribution >= 0.6 is 11.8 Å². The molecule has 1 aromatic carbocycles. The van der Waals surface area contributed by atoms with Crippen LogP contribution in [-0.2, 0) is 0 Å². The van der Waals surface area contributed by atoms with Crippen LogP contribution in [0, 0.1) is 5.92 Å². The standard InChI is InChI=1S/C21H30N2O2S/c1-16(2)9-10-22-13-17-3-6-19(22)15-23(14-17)21(25)18-4-7-20(8-5-18)26-12-11-24/h4-5,7-9,17,19,24H,3,6,10-15H2,1-2H3/t17-,19-/m1/s1. The Morgan fingerprint density at radius 2 is 1.96 bits per heavy atom. The van der Waals surface area contributed by atoms with Crippen molar-refractivity contribution in [2.75, 3.05) is 38.5 Å². The molecule has 2 bridgehead atoms. The minimum atomic E-state index is 0.157. The number of carbonyl (C=O) groups is 1. The fraction of sp³-hybridized carbons (Fsp3) is 0.571. The van der Waals surface area contributed by atoms with E-state index in [0.29, 0.717) is 17.7 Å². The fourth-order valence-corrected chi connectivity index (χ4v) is 4.56. The molecule has 0 aliphatic carbocycles. The van der Waals surface area contributed by atoms with E-state index in [-0.39, 0.29) is 12.5 Å². The number of amides is 1. The molecular formula is C21H30N2O2S. The summed E-state index contributed by atoms with van der Waals surface area (Å²) in [6.45, 7) is 8.29. The van der Waals surface area contributed by atoms with Gasteiger partial charge in [-0.25, -0.2) is 0 Å². The third kappa shape index (κ3) is 4.90. The highest BCUT2D eigenvalue weighted by Crippen LogP contribution is 2.29. The van der Waals surface area contributed by atoms with E-state index in [1.54, 1.807) is 11.8 Å². The molecular weight excluding hydrogens is 344 g/mol. The number of thioether (sulfide) groups is 1. The molecule has 5 heteroatoms. The zero-order chi connectivity index (χ0) is 18.5. The van der Waals surface area contributed by atoms with Gasteiger partial charge in [-0.1, -0.05) is 11.6 Å². The Labute approximate surface area is 161 Å². The lowest BCUT2D eigenvalue weighted by atomic mass is 9.95. The third-order valence-corrected chi connectivity index (χ3v) is 6.30. The quantitative estimate of drug-likeness (QED) is 0.613. The third-order valence-electron chi connectivity index (χ3n) is 5.31. The summed E-state index contributed by atoms with van der Waals surface area (Å²) in [5.41, 5.74) is 2.13. The van der Waals surface area contributed by atoms with E-state index >= 15 is 0 Å². The molecule has 3 aliphatic rings. The summed E-state index contributed by atoms with van der Waals surface area (Å²) in [7, 11) is 0. The number of hydrogen-bond acceptors (Lipinski definition) is 4. The van der Waals surface area contributed by atoms with Gasteiger partial charge in [-0.05, 0) is 56.9 Å². The van der Waals surface area contributed by atoms with Gasteiger partial charge in [0.1, 0.15) is 0 Å². The Hall–Kier alpha value is -1.30. The summed E-state index contributed by atoms with van der Waals surface area (Å²) in [5, 5.41) is 8.92. The van der Waals surface area contributed by atoms with Crippen molar-refractivity contribution in [3.63, 3.8) is 0 Å². The smallest absolute Gasteiger partial charge is 0.253 e. The first-order chi connectivity index (χ1) is 12.6. The number of nitrogens with zero attached hydrogens (tertiary/aromatic N) is 2. The van der Waals surface area contributed by atoms with Gasteiger partial charge in [0, 0.05) is 48.4 Å². The van der Waals surface area contributed by atoms with Crippen LogP contribution in [0.15, 0.2) is 40.8 Å². The van der Waals surface area contributed by atoms with Crippen LogP contribution < -0.4 is 0 Å². The van der Waals surface area contributed by atoms with Crippen molar-refractivity contribution in [3.8, 4) is 0 Å². The molecule has 1 aromatic rings. The highest BCUT2D eigenvalue weighted by Gasteiger charge is 2.36. The summed E-state index contributed by atoms with van der Waals surface area (Å²) in [6.07, 6.45) is 4.73. The summed E-state index contributed by atoms with van der Waals surface area (Å²) < 4.78 is 0. The van der Waals surface area contributed by atoms with Crippen molar-refractivity contribution in [3.05, 3.63) is 41.5 Å². The SMILES string of the molecule is CC(C)=CCN1C[C@H]2CC[C@@H]1CN(C(=O)c1ccc(SCCO)cc1)C2. The number of rotatable bonds is 6. The number of fused-ring (bicyclic) bond motifs is 4. The number of benzene rings is 1. The highest BCUT2D eigenvalue weighted by molar-refractivity contribution is 7.99. The van der Waals surface area contributed by atoms with Crippen LogP contribution in [0.25, 0.3) is 0 Å². The number of aliphatic hydroxyl groups is 1. The zero-order valence-electron chi connectivity index (χ0n) is 15.9. The van der Waals surface area contributed by atoms with E-state index in [4.69, 9.17) is 5.11 Å². The highest BCUT2D eigenvalue weighted by atomic mass is 32.2. The van der Waals surface area contributed by atoms with Crippen molar-refractivity contribution >= 4 is 17.7 Å². The molecule has 142 valence electrons. The minimum absolute atomic E-state index is 0.157. The monoisotopic (exact) mass is 374 g/mol. The first-order valence-electron chi connectivity index (χ1n) is 9.57. The largest absolute Gasteiger partial charge is 0.396 e. The molecule has 3 fully saturated rings. The Kier molecular flexibility index (Phi) is 6.79. The Bertz CT molecular complexity index is 640. The molecule has 2 atom stereocenters. The maximum atomic E-state index is 13.0. The van der Waals surface area contributed by atoms with E-state index in [9.17, 15) is 4.79 Å². The molecule has 4 nitrogen and oxygen atoms in total. The maximum absolute atomic E-state index is 13.0. The lowest BCUT2D eigenvalue weighted by Gasteiger charge is -2.35. The van der Waals surface area contributed by atoms with Crippen molar-refractivity contribution in [1.82, 2.24) is 9.80 Å². The summed E-state index contributed by atoms with van der Waals surface area (Å²) in [4.78, 5) is 18.7. The molecule has 0 saturated carbocycles. The number of carbonyl (C=O) groups excluding carboxylic acids is 1. The first-order valence-corrected chi connectivity index (χ1v) is 10.6. The zero-order valence-corrected chi connectivity index (χ0v) is 16.7. The van der Waals surface area contributed by atoms with Gasteiger partial charge in [0.2, 0.25) is 0 Å². The lowest BCUT2D eigenvalue weighted by Crippen LogP contribution is -2.44. The van der Waals surface area contributed by atoms with Crippen molar-refractivity contribution in [1.29, 1.82) is 0 Å². The normalized spacial score (nSPS) is 23.0. The van der Waals surface area contributed by atoms with Crippen LogP contribution in [0.3, 0.4) is 0 Å². The molecule has 0 spiro atoms. The van der Waals surface area contributed by atoms with Gasteiger partial charge in [0.05, 0.1) is 6.61 Å². The predicted molar refractivity (Wildman–Crippen MR) is 108 cm³/mol. The van der Waals surface area contributed by atoms with E-state index in [1.807, 2.05) is 24.3 Å². The number of aliphatic hydroxyl groups excluding tert-OH is 1. The van der Waals surface area contributed by atoms with E-state index in [0.717, 1.165) is 36.6 Å². The Morgan fingerprint density at radius 3 is 2.65 bits per heavy atom. The van der Waals surface area contributed by atoms with Gasteiger partial charge >= 0.3 is 0 Å². The molecule has 3 saturated heterocycles. The molecule has 3 heterocycles. The van der Waals surface area contributed by atoms with Crippen LogP contribution in [-0.4, -0.2) is 65.4 Å². The van der Waals surface area contributed by atoms with Crippen molar-refractivity contribution in [2.45, 2.75) is 37.6 Å². The van der Waals surface area contributed by atoms with Gasteiger partial charge < -0.3 is 10.0 Å². The van der Waals surface area contributed by atoms with Gasteiger partial charge in [-0.3, -0.25) is 9.69 Å². The fourth-order valence-electron chi connectivity index (χ4n) is 3.91. The molecule has 1 N–H and O–H groups in total. The summed E-state index contributed by atoms with van der Waals surface area (Å²) in [5.74, 6) is 1.43. The van der Waals surface area contributed by atoms with Crippen LogP contribution in [0.4, 0.5) is 0 Å². The summed E-state index contributed by atoms with van der Waals surface area (Å²) in [6, 6.07) is 8.31. The van der Waals surface area contributed by atoms with Gasteiger partial charge in [0.15, 0.2) is 0 Å². The molecule has 3 aliphatic heterocycles. The number of allylic oxidation sites excluding steroid dienone is 1. The van der Waals surface area contributed by atoms with Gasteiger partial charge in [0.25, 0.3) is 5.91 Å². The first kappa shape index (κ1) is 19.5. The number of hydrogen-bond donors (Lipinski definition) is 1. The van der Waals surface area contributed by atoms with Crippen LogP contribution in [0.1, 0.15) is 37.0 Å². The van der Waals surface area contributed by atoms with Crippen LogP contribution in [0.5, 0.6) is 0 Å². The Morgan fingerprint density at radius 1 is 1.19 bits per heavy atom. The van der Waals surface area contributed by atoms with Crippen LogP contribution in [0.2, 0.25) is 0 Å². The molecule has 4 rings (SSSR count). The molecule has 26 heavy (non-hydrogen) atoms. The summed E-state index contributed by atoms with van der Waals surface area (Å²) >= 11 is 1.61. The van der Waals surface area contributed by atoms with Gasteiger partial charge in [-0.15, -0.1) is 11.8 Å². The molecule has 0 aromatic heterocycles. The second-order valence-corrected chi connectivity index (χ2v) is 8.81. The second-order valence-electron chi connectivity index (χ2n) is 7.64. The maximum Gasteiger partial charge on any atom is 0.253 e. The van der Waals surface area contributed by atoms with E-state index < -0.39 is 0 Å². The van der Waals surface area contributed by atoms with E-state index in [1.165, 1.54) is 18.4 Å². The lowest BCUT2D eigenvalue weighted by molar-refractivity contribution is 0.0740. The molecule has 0 unspecified atom stereocenters. The number of piperidine rings is 1. The van der Waals surface area contributed by atoms with Gasteiger partial charge in [-0.2, -0.15) is 0 Å². The molecule has 0 radical (unpaired) electrons. The average Bonchev–Trinajstić information content (AvgIpc) is 2.96. The van der Waals surface area contributed by atoms with Crippen molar-refractivity contribution in [2.24, 2.45) is 5.92 Å². The Balaban J connectivity index is 1.66. The van der Waals surface area contributed by atoms with Crippen molar-refractivity contribution < 1.29 is 9.90 Å². The minimum Gasteiger partial charge on any atom is -0.396 e. The predicted octanol–water partition coefficient (Wildman–Crippen LogP) is 3.27. The average molecular weight is 375 g/mol. The topological polar surface area (TPSA) is 43.8 Å². The molecule has 1 amide bonds. The van der Waals surface area contributed by atoms with E-state index in [2.05, 4.69) is 29.7 Å².